The predicted octanol–water partition coefficient (Wildman–Crippen LogP) is 12.3. The Bertz CT molecular complexity index is 2870. The van der Waals surface area contributed by atoms with Crippen LogP contribution in [0.15, 0.2) is 165 Å². The van der Waals surface area contributed by atoms with Gasteiger partial charge in [-0.25, -0.2) is 4.79 Å². The second-order valence-corrected chi connectivity index (χ2v) is 13.7. The first kappa shape index (κ1) is 28.6. The molecule has 0 amide bonds. The maximum absolute atomic E-state index is 13.4. The Morgan fingerprint density at radius 3 is 1.88 bits per heavy atom. The number of fused-ring (bicyclic) bond motifs is 9. The first-order valence-corrected chi connectivity index (χ1v) is 17.0. The summed E-state index contributed by atoms with van der Waals surface area (Å²) in [5, 5.41) is 4.56. The van der Waals surface area contributed by atoms with E-state index in [1.165, 1.54) is 22.3 Å². The molecule has 1 aliphatic carbocycles. The monoisotopic (exact) mass is 645 g/mol. The van der Waals surface area contributed by atoms with Crippen molar-refractivity contribution in [2.75, 3.05) is 4.90 Å². The van der Waals surface area contributed by atoms with Crippen LogP contribution < -0.4 is 10.5 Å². The molecule has 0 atom stereocenters. The van der Waals surface area contributed by atoms with Gasteiger partial charge in [0.1, 0.15) is 16.7 Å². The van der Waals surface area contributed by atoms with Gasteiger partial charge < -0.3 is 13.7 Å². The molecule has 0 aliphatic heterocycles. The summed E-state index contributed by atoms with van der Waals surface area (Å²) in [6.07, 6.45) is 0. The Balaban J connectivity index is 1.15. The fourth-order valence-electron chi connectivity index (χ4n) is 8.05. The molecule has 0 unspecified atom stereocenters. The molecule has 0 saturated heterocycles. The van der Waals surface area contributed by atoms with E-state index in [9.17, 15) is 4.79 Å². The highest BCUT2D eigenvalue weighted by Crippen LogP contribution is 2.51. The van der Waals surface area contributed by atoms with Gasteiger partial charge in [0.2, 0.25) is 0 Å². The van der Waals surface area contributed by atoms with Crippen molar-refractivity contribution in [2.24, 2.45) is 0 Å². The SMILES string of the molecule is CC1(C)c2ccccc2-c2ccc(N(c3ccc(-c4cccc5c4oc4ccccc45)cc3)c3ccc4c(c3)c(=O)oc3ccccc34)cc21. The fraction of sp³-hybridized carbons (Fsp3) is 0.0652. The molecule has 0 spiro atoms. The van der Waals surface area contributed by atoms with Crippen LogP contribution in [0.4, 0.5) is 17.1 Å². The quantitative estimate of drug-likeness (QED) is 0.141. The summed E-state index contributed by atoms with van der Waals surface area (Å²) in [5.41, 5.74) is 12.0. The number of rotatable bonds is 4. The van der Waals surface area contributed by atoms with Gasteiger partial charge in [-0.15, -0.1) is 0 Å². The van der Waals surface area contributed by atoms with Gasteiger partial charge >= 0.3 is 5.63 Å². The number of furan rings is 1. The van der Waals surface area contributed by atoms with Crippen molar-refractivity contribution in [1.82, 2.24) is 0 Å². The van der Waals surface area contributed by atoms with Gasteiger partial charge in [-0.1, -0.05) is 117 Å². The molecular formula is C46H31NO3. The molecule has 9 aromatic rings. The van der Waals surface area contributed by atoms with Gasteiger partial charge in [0, 0.05) is 49.6 Å². The molecule has 0 bridgehead atoms. The average molecular weight is 646 g/mol. The smallest absolute Gasteiger partial charge is 0.344 e. The third-order valence-corrected chi connectivity index (χ3v) is 10.5. The van der Waals surface area contributed by atoms with Gasteiger partial charge in [0.25, 0.3) is 0 Å². The lowest BCUT2D eigenvalue weighted by atomic mass is 9.82. The summed E-state index contributed by atoms with van der Waals surface area (Å²) in [5.74, 6) is 0. The molecule has 2 aromatic heterocycles. The molecular weight excluding hydrogens is 615 g/mol. The Morgan fingerprint density at radius 2 is 1.06 bits per heavy atom. The van der Waals surface area contributed by atoms with Gasteiger partial charge in [0.05, 0.1) is 5.39 Å². The molecule has 0 saturated carbocycles. The van der Waals surface area contributed by atoms with Crippen molar-refractivity contribution in [3.05, 3.63) is 173 Å². The van der Waals surface area contributed by atoms with Crippen molar-refractivity contribution in [3.63, 3.8) is 0 Å². The van der Waals surface area contributed by atoms with Gasteiger partial charge in [-0.3, -0.25) is 0 Å². The van der Waals surface area contributed by atoms with Crippen molar-refractivity contribution in [1.29, 1.82) is 0 Å². The number of anilines is 3. The summed E-state index contributed by atoms with van der Waals surface area (Å²) in [7, 11) is 0. The van der Waals surface area contributed by atoms with Crippen LogP contribution in [-0.2, 0) is 5.41 Å². The van der Waals surface area contributed by atoms with E-state index < -0.39 is 0 Å². The zero-order valence-corrected chi connectivity index (χ0v) is 27.6. The fourth-order valence-corrected chi connectivity index (χ4v) is 8.05. The highest BCUT2D eigenvalue weighted by molar-refractivity contribution is 6.10. The van der Waals surface area contributed by atoms with Crippen LogP contribution in [0.1, 0.15) is 25.0 Å². The van der Waals surface area contributed by atoms with E-state index >= 15 is 0 Å². The summed E-state index contributed by atoms with van der Waals surface area (Å²) in [6.45, 7) is 4.59. The lowest BCUT2D eigenvalue weighted by Crippen LogP contribution is -2.16. The van der Waals surface area contributed by atoms with Crippen LogP contribution in [0.25, 0.3) is 65.9 Å². The number of nitrogens with zero attached hydrogens (tertiary/aromatic N) is 1. The van der Waals surface area contributed by atoms with Crippen molar-refractivity contribution < 1.29 is 8.83 Å². The zero-order valence-electron chi connectivity index (χ0n) is 27.6. The van der Waals surface area contributed by atoms with E-state index in [1.807, 2.05) is 54.6 Å². The topological polar surface area (TPSA) is 46.6 Å². The average Bonchev–Trinajstić information content (AvgIpc) is 3.64. The number of hydrogen-bond donors (Lipinski definition) is 0. The summed E-state index contributed by atoms with van der Waals surface area (Å²) in [6, 6.07) is 52.3. The second kappa shape index (κ2) is 10.6. The first-order chi connectivity index (χ1) is 24.5. The normalized spacial score (nSPS) is 13.2. The minimum Gasteiger partial charge on any atom is -0.455 e. The molecule has 50 heavy (non-hydrogen) atoms. The standard InChI is InChI=1S/C46H31NO3/c1-46(2)40-15-6-3-10-34(40)35-25-23-31(27-41(35)46)47(30-22-24-33-36-11-4-8-17-43(36)50-45(48)39(33)26-30)29-20-18-28(19-21-29)32-13-9-14-38-37-12-5-7-16-42(37)49-44(32)38/h3-27H,1-2H3. The van der Waals surface area contributed by atoms with Gasteiger partial charge in [-0.05, 0) is 76.3 Å². The van der Waals surface area contributed by atoms with Crippen LogP contribution >= 0.6 is 0 Å². The van der Waals surface area contributed by atoms with Crippen LogP contribution in [0.2, 0.25) is 0 Å². The van der Waals surface area contributed by atoms with Crippen LogP contribution in [0.5, 0.6) is 0 Å². The Labute approximate surface area is 288 Å². The second-order valence-electron chi connectivity index (χ2n) is 13.7. The molecule has 2 heterocycles. The third kappa shape index (κ3) is 4.15. The number of benzene rings is 7. The molecule has 1 aliphatic rings. The summed E-state index contributed by atoms with van der Waals surface area (Å²) in [4.78, 5) is 15.6. The van der Waals surface area contributed by atoms with Gasteiger partial charge in [0.15, 0.2) is 0 Å². The van der Waals surface area contributed by atoms with Crippen LogP contribution in [0, 0.1) is 0 Å². The molecule has 0 N–H and O–H groups in total. The molecule has 10 rings (SSSR count). The largest absolute Gasteiger partial charge is 0.455 e. The van der Waals surface area contributed by atoms with Crippen molar-refractivity contribution in [3.8, 4) is 22.3 Å². The van der Waals surface area contributed by atoms with E-state index in [-0.39, 0.29) is 11.0 Å². The predicted molar refractivity (Wildman–Crippen MR) is 205 cm³/mol. The molecule has 0 radical (unpaired) electrons. The van der Waals surface area contributed by atoms with Crippen LogP contribution in [0.3, 0.4) is 0 Å². The number of hydrogen-bond acceptors (Lipinski definition) is 4. The Morgan fingerprint density at radius 1 is 0.460 bits per heavy atom. The van der Waals surface area contributed by atoms with Crippen LogP contribution in [-0.4, -0.2) is 0 Å². The van der Waals surface area contributed by atoms with Crippen molar-refractivity contribution in [2.45, 2.75) is 19.3 Å². The molecule has 4 nitrogen and oxygen atoms in total. The lowest BCUT2D eigenvalue weighted by molar-refractivity contribution is 0.569. The van der Waals surface area contributed by atoms with Gasteiger partial charge in [-0.2, -0.15) is 0 Å². The lowest BCUT2D eigenvalue weighted by Gasteiger charge is -2.28. The Kier molecular flexibility index (Phi) is 6.04. The molecule has 7 aromatic carbocycles. The maximum atomic E-state index is 13.4. The van der Waals surface area contributed by atoms with E-state index in [1.54, 1.807) is 0 Å². The maximum Gasteiger partial charge on any atom is 0.344 e. The van der Waals surface area contributed by atoms with E-state index in [2.05, 4.69) is 116 Å². The van der Waals surface area contributed by atoms with E-state index in [4.69, 9.17) is 8.83 Å². The minimum atomic E-state index is -0.347. The van der Waals surface area contributed by atoms with E-state index in [0.717, 1.165) is 60.9 Å². The zero-order chi connectivity index (χ0) is 33.6. The first-order valence-electron chi connectivity index (χ1n) is 17.0. The third-order valence-electron chi connectivity index (χ3n) is 10.5. The van der Waals surface area contributed by atoms with E-state index in [0.29, 0.717) is 11.0 Å². The summed E-state index contributed by atoms with van der Waals surface area (Å²) < 4.78 is 12.2. The summed E-state index contributed by atoms with van der Waals surface area (Å²) >= 11 is 0. The molecule has 238 valence electrons. The Hall–Kier alpha value is -6.39. The molecule has 4 heteroatoms. The minimum absolute atomic E-state index is 0.161. The highest BCUT2D eigenvalue weighted by Gasteiger charge is 2.35. The molecule has 0 fully saturated rings. The highest BCUT2D eigenvalue weighted by atomic mass is 16.4. The van der Waals surface area contributed by atoms with Crippen molar-refractivity contribution >= 4 is 60.7 Å². The number of para-hydroxylation sites is 3.